The fourth-order valence-electron chi connectivity index (χ4n) is 8.71. The van der Waals surface area contributed by atoms with E-state index in [2.05, 4.69) is 177 Å². The molecule has 254 valence electrons. The van der Waals surface area contributed by atoms with Crippen LogP contribution in [0.3, 0.4) is 0 Å². The highest BCUT2D eigenvalue weighted by atomic mass is 15.0. The van der Waals surface area contributed by atoms with E-state index in [1.165, 1.54) is 21.5 Å². The van der Waals surface area contributed by atoms with Gasteiger partial charge in [-0.3, -0.25) is 0 Å². The van der Waals surface area contributed by atoms with Crippen molar-refractivity contribution in [3.8, 4) is 40.3 Å². The third-order valence-corrected chi connectivity index (χ3v) is 11.1. The molecule has 0 atom stereocenters. The first-order valence-corrected chi connectivity index (χ1v) is 18.3. The lowest BCUT2D eigenvalue weighted by Gasteiger charge is -2.13. The minimum Gasteiger partial charge on any atom is -0.309 e. The minimum atomic E-state index is 0.616. The van der Waals surface area contributed by atoms with E-state index in [1.807, 2.05) is 24.3 Å². The number of nitrogens with zero attached hydrogens (tertiary/aromatic N) is 5. The average Bonchev–Trinajstić information content (AvgIpc) is 3.89. The summed E-state index contributed by atoms with van der Waals surface area (Å²) in [4.78, 5) is 0. The Kier molecular flexibility index (Phi) is 6.61. The summed E-state index contributed by atoms with van der Waals surface area (Å²) in [5.74, 6) is 0. The topological polar surface area (TPSA) is 62.4 Å². The van der Waals surface area contributed by atoms with Crippen molar-refractivity contribution in [1.29, 1.82) is 10.5 Å². The minimum absolute atomic E-state index is 0.616. The molecule has 11 aromatic rings. The third-order valence-electron chi connectivity index (χ3n) is 11.1. The first kappa shape index (κ1) is 30.7. The average molecular weight is 700 g/mol. The zero-order valence-corrected chi connectivity index (χ0v) is 29.5. The molecule has 0 bridgehead atoms. The Morgan fingerprint density at radius 3 is 1.27 bits per heavy atom. The van der Waals surface area contributed by atoms with Crippen molar-refractivity contribution < 1.29 is 0 Å². The van der Waals surface area contributed by atoms with E-state index in [1.54, 1.807) is 0 Å². The lowest BCUT2D eigenvalue weighted by Crippen LogP contribution is -1.97. The van der Waals surface area contributed by atoms with Gasteiger partial charge in [0.1, 0.15) is 0 Å². The van der Waals surface area contributed by atoms with Gasteiger partial charge in [0.05, 0.1) is 56.4 Å². The predicted molar refractivity (Wildman–Crippen MR) is 224 cm³/mol. The van der Waals surface area contributed by atoms with Crippen LogP contribution in [0.15, 0.2) is 176 Å². The van der Waals surface area contributed by atoms with E-state index in [0.717, 1.165) is 72.1 Å². The molecule has 0 aliphatic carbocycles. The normalized spacial score (nSPS) is 11.6. The number of hydrogen-bond donors (Lipinski definition) is 0. The Labute approximate surface area is 316 Å². The maximum Gasteiger partial charge on any atom is 0.0998 e. The molecule has 0 aliphatic rings. The molecule has 0 N–H and O–H groups in total. The fraction of sp³-hybridized carbons (Fsp3) is 0. The molecule has 5 nitrogen and oxygen atoms in total. The van der Waals surface area contributed by atoms with Gasteiger partial charge in [-0.15, -0.1) is 0 Å². The SMILES string of the molecule is N#Cc1ccc2c(c1)c1cc(-n3c4ccccc4c4ccccc43)ccc1n2-c1ccc(-c2ccc(-n3c4ccccc4c4ccccc43)cc2C#N)cc1. The van der Waals surface area contributed by atoms with Gasteiger partial charge in [0.2, 0.25) is 0 Å². The van der Waals surface area contributed by atoms with Crippen molar-refractivity contribution >= 4 is 65.4 Å². The van der Waals surface area contributed by atoms with Crippen LogP contribution in [-0.2, 0) is 0 Å². The highest BCUT2D eigenvalue weighted by Gasteiger charge is 2.18. The molecule has 8 aromatic carbocycles. The van der Waals surface area contributed by atoms with Crippen LogP contribution < -0.4 is 0 Å². The van der Waals surface area contributed by atoms with Crippen molar-refractivity contribution in [2.45, 2.75) is 0 Å². The number of para-hydroxylation sites is 4. The second-order valence-electron chi connectivity index (χ2n) is 14.0. The molecular weight excluding hydrogens is 671 g/mol. The van der Waals surface area contributed by atoms with Crippen LogP contribution in [0, 0.1) is 22.7 Å². The number of nitriles is 2. The summed E-state index contributed by atoms with van der Waals surface area (Å²) < 4.78 is 6.84. The zero-order valence-electron chi connectivity index (χ0n) is 29.5. The Morgan fingerprint density at radius 2 is 0.745 bits per heavy atom. The lowest BCUT2D eigenvalue weighted by molar-refractivity contribution is 1.16. The van der Waals surface area contributed by atoms with Crippen LogP contribution >= 0.6 is 0 Å². The summed E-state index contributed by atoms with van der Waals surface area (Å²) in [5, 5.41) is 27.2. The Balaban J connectivity index is 1.04. The van der Waals surface area contributed by atoms with Crippen LogP contribution in [0.4, 0.5) is 0 Å². The molecule has 3 aromatic heterocycles. The van der Waals surface area contributed by atoms with E-state index >= 15 is 0 Å². The van der Waals surface area contributed by atoms with Gasteiger partial charge in [-0.25, -0.2) is 0 Å². The molecule has 0 saturated carbocycles. The van der Waals surface area contributed by atoms with E-state index in [9.17, 15) is 10.5 Å². The molecule has 0 spiro atoms. The van der Waals surface area contributed by atoms with Crippen molar-refractivity contribution in [1.82, 2.24) is 13.7 Å². The van der Waals surface area contributed by atoms with Gasteiger partial charge in [-0.1, -0.05) is 91.0 Å². The molecule has 55 heavy (non-hydrogen) atoms. The lowest BCUT2D eigenvalue weighted by atomic mass is 9.99. The molecule has 0 radical (unpaired) electrons. The maximum absolute atomic E-state index is 10.4. The molecule has 5 heteroatoms. The second-order valence-corrected chi connectivity index (χ2v) is 14.0. The van der Waals surface area contributed by atoms with Gasteiger partial charge < -0.3 is 13.7 Å². The van der Waals surface area contributed by atoms with Crippen LogP contribution in [0.2, 0.25) is 0 Å². The summed E-state index contributed by atoms with van der Waals surface area (Å²) in [6, 6.07) is 65.9. The largest absolute Gasteiger partial charge is 0.309 e. The van der Waals surface area contributed by atoms with E-state index < -0.39 is 0 Å². The monoisotopic (exact) mass is 699 g/mol. The van der Waals surface area contributed by atoms with Crippen LogP contribution in [0.1, 0.15) is 11.1 Å². The van der Waals surface area contributed by atoms with Gasteiger partial charge in [0, 0.05) is 49.4 Å². The maximum atomic E-state index is 10.4. The Hall–Kier alpha value is -7.86. The summed E-state index contributed by atoms with van der Waals surface area (Å²) in [6.45, 7) is 0. The van der Waals surface area contributed by atoms with Crippen LogP contribution in [-0.4, -0.2) is 13.7 Å². The van der Waals surface area contributed by atoms with Crippen molar-refractivity contribution in [3.05, 3.63) is 187 Å². The van der Waals surface area contributed by atoms with E-state index in [0.29, 0.717) is 11.1 Å². The second kappa shape index (κ2) is 11.8. The van der Waals surface area contributed by atoms with Gasteiger partial charge >= 0.3 is 0 Å². The first-order valence-electron chi connectivity index (χ1n) is 18.3. The van der Waals surface area contributed by atoms with Gasteiger partial charge in [-0.05, 0) is 96.1 Å². The van der Waals surface area contributed by atoms with Crippen molar-refractivity contribution in [3.63, 3.8) is 0 Å². The zero-order chi connectivity index (χ0) is 36.6. The summed E-state index contributed by atoms with van der Waals surface area (Å²) in [5.41, 5.74) is 12.7. The Bertz CT molecular complexity index is 3350. The molecule has 3 heterocycles. The molecule has 0 fully saturated rings. The predicted octanol–water partition coefficient (Wildman–Crippen LogP) is 12.4. The van der Waals surface area contributed by atoms with Crippen molar-refractivity contribution in [2.75, 3.05) is 0 Å². The third kappa shape index (κ3) is 4.51. The summed E-state index contributed by atoms with van der Waals surface area (Å²) in [6.07, 6.45) is 0. The fourth-order valence-corrected chi connectivity index (χ4v) is 8.71. The molecule has 0 aliphatic heterocycles. The number of benzene rings is 8. The quantitative estimate of drug-likeness (QED) is 0.184. The number of rotatable bonds is 4. The number of aromatic nitrogens is 3. The van der Waals surface area contributed by atoms with Crippen LogP contribution in [0.25, 0.3) is 93.6 Å². The highest BCUT2D eigenvalue weighted by molar-refractivity contribution is 6.13. The molecule has 0 saturated heterocycles. The molecule has 0 unspecified atom stereocenters. The van der Waals surface area contributed by atoms with Gasteiger partial charge in [0.15, 0.2) is 0 Å². The smallest absolute Gasteiger partial charge is 0.0998 e. The van der Waals surface area contributed by atoms with E-state index in [-0.39, 0.29) is 0 Å². The molecule has 0 amide bonds. The number of hydrogen-bond acceptors (Lipinski definition) is 2. The van der Waals surface area contributed by atoms with E-state index in [4.69, 9.17) is 0 Å². The van der Waals surface area contributed by atoms with Crippen LogP contribution in [0.5, 0.6) is 0 Å². The first-order chi connectivity index (χ1) is 27.2. The van der Waals surface area contributed by atoms with Gasteiger partial charge in [-0.2, -0.15) is 10.5 Å². The van der Waals surface area contributed by atoms with Gasteiger partial charge in [0.25, 0.3) is 0 Å². The summed E-state index contributed by atoms with van der Waals surface area (Å²) >= 11 is 0. The summed E-state index contributed by atoms with van der Waals surface area (Å²) in [7, 11) is 0. The molecule has 11 rings (SSSR count). The Morgan fingerprint density at radius 1 is 0.327 bits per heavy atom. The molecular formula is C50H29N5. The number of fused-ring (bicyclic) bond motifs is 9. The standard InChI is InChI=1S/C50H29N5/c51-30-32-17-25-49-43(27-32)44-29-37(55-47-15-7-3-11-41(47)42-12-4-8-16-48(42)55)23-26-50(44)53(49)35-20-18-33(19-21-35)38-24-22-36(28-34(38)31-52)54-45-13-5-1-9-39(45)40-10-2-6-14-46(40)54/h1-29H. The highest BCUT2D eigenvalue weighted by Crippen LogP contribution is 2.38. The van der Waals surface area contributed by atoms with Crippen molar-refractivity contribution in [2.24, 2.45) is 0 Å².